The lowest BCUT2D eigenvalue weighted by molar-refractivity contribution is -0.121. The molecule has 6 heteroatoms. The Balaban J connectivity index is 1.89. The van der Waals surface area contributed by atoms with E-state index in [4.69, 9.17) is 4.74 Å². The molecule has 116 valence electrons. The van der Waals surface area contributed by atoms with Gasteiger partial charge in [-0.25, -0.2) is 4.79 Å². The first-order chi connectivity index (χ1) is 10.2. The molecule has 0 saturated heterocycles. The number of amides is 2. The molecule has 0 unspecified atom stereocenters. The molecule has 1 aliphatic carbocycles. The van der Waals surface area contributed by atoms with Gasteiger partial charge in [-0.05, 0) is 37.1 Å². The monoisotopic (exact) mass is 310 g/mol. The van der Waals surface area contributed by atoms with Crippen molar-refractivity contribution in [3.63, 3.8) is 0 Å². The van der Waals surface area contributed by atoms with Gasteiger partial charge in [0.1, 0.15) is 6.54 Å². The Morgan fingerprint density at radius 2 is 2.19 bits per heavy atom. The molecule has 1 aromatic rings. The highest BCUT2D eigenvalue weighted by Gasteiger charge is 2.28. The van der Waals surface area contributed by atoms with Crippen molar-refractivity contribution < 1.29 is 14.3 Å². The van der Waals surface area contributed by atoms with Crippen LogP contribution in [0.1, 0.15) is 43.5 Å². The molecule has 2 rings (SSSR count). The van der Waals surface area contributed by atoms with Gasteiger partial charge >= 0.3 is 6.09 Å². The molecule has 0 spiro atoms. The number of carbonyl (C=O) groups excluding carboxylic acids is 2. The van der Waals surface area contributed by atoms with Crippen molar-refractivity contribution in [2.75, 3.05) is 13.2 Å². The summed E-state index contributed by atoms with van der Waals surface area (Å²) in [5, 5.41) is 7.54. The van der Waals surface area contributed by atoms with Crippen LogP contribution in [-0.4, -0.2) is 25.2 Å². The summed E-state index contributed by atoms with van der Waals surface area (Å²) in [6.45, 7) is 1.98. The molecule has 1 saturated carbocycles. The van der Waals surface area contributed by atoms with Crippen molar-refractivity contribution in [1.82, 2.24) is 10.6 Å². The van der Waals surface area contributed by atoms with Gasteiger partial charge in [-0.2, -0.15) is 0 Å². The first-order valence-corrected chi connectivity index (χ1v) is 8.32. The third kappa shape index (κ3) is 4.74. The number of hydrogen-bond donors (Lipinski definition) is 2. The Hall–Kier alpha value is -1.56. The first-order valence-electron chi connectivity index (χ1n) is 7.44. The number of rotatable bonds is 6. The number of thiophene rings is 1. The molecule has 1 aromatic heterocycles. The molecular formula is C15H22N2O3S. The molecule has 0 bridgehead atoms. The fourth-order valence-corrected chi connectivity index (χ4v) is 3.61. The predicted molar refractivity (Wildman–Crippen MR) is 82.2 cm³/mol. The third-order valence-electron chi connectivity index (χ3n) is 3.71. The second kappa shape index (κ2) is 8.02. The van der Waals surface area contributed by atoms with Crippen molar-refractivity contribution in [2.45, 2.75) is 38.6 Å². The van der Waals surface area contributed by atoms with E-state index in [0.29, 0.717) is 12.5 Å². The van der Waals surface area contributed by atoms with Gasteiger partial charge in [0, 0.05) is 4.88 Å². The Kier molecular flexibility index (Phi) is 6.04. The van der Waals surface area contributed by atoms with Gasteiger partial charge in [0.15, 0.2) is 0 Å². The van der Waals surface area contributed by atoms with Gasteiger partial charge in [-0.15, -0.1) is 11.3 Å². The standard InChI is InChI=1S/C15H22N2O3S/c1-2-20-15(19)16-10-13(18)17-14(11-6-3-4-7-11)12-8-5-9-21-12/h5,8-9,11,14H,2-4,6-7,10H2,1H3,(H,16,19)(H,17,18)/t14-/m0/s1. The van der Waals surface area contributed by atoms with Gasteiger partial charge < -0.3 is 15.4 Å². The van der Waals surface area contributed by atoms with Crippen LogP contribution in [0.15, 0.2) is 17.5 Å². The van der Waals surface area contributed by atoms with Crippen LogP contribution >= 0.6 is 11.3 Å². The highest BCUT2D eigenvalue weighted by Crippen LogP contribution is 2.37. The second-order valence-electron chi connectivity index (χ2n) is 5.18. The van der Waals surface area contributed by atoms with Crippen molar-refractivity contribution in [3.8, 4) is 0 Å². The largest absolute Gasteiger partial charge is 0.450 e. The molecule has 0 radical (unpaired) electrons. The van der Waals surface area contributed by atoms with Gasteiger partial charge in [0.05, 0.1) is 12.6 Å². The molecule has 0 aliphatic heterocycles. The summed E-state index contributed by atoms with van der Waals surface area (Å²) in [5.74, 6) is 0.323. The first kappa shape index (κ1) is 15.8. The molecule has 21 heavy (non-hydrogen) atoms. The minimum Gasteiger partial charge on any atom is -0.450 e. The maximum Gasteiger partial charge on any atom is 0.407 e. The average molecular weight is 310 g/mol. The van der Waals surface area contributed by atoms with E-state index in [1.807, 2.05) is 11.4 Å². The lowest BCUT2D eigenvalue weighted by atomic mass is 9.96. The quantitative estimate of drug-likeness (QED) is 0.849. The summed E-state index contributed by atoms with van der Waals surface area (Å²) in [4.78, 5) is 24.4. The molecule has 1 heterocycles. The van der Waals surface area contributed by atoms with Crippen LogP contribution < -0.4 is 10.6 Å². The SMILES string of the molecule is CCOC(=O)NCC(=O)N[C@H](c1cccs1)C1CCCC1. The zero-order chi connectivity index (χ0) is 15.1. The minimum absolute atomic E-state index is 0.0482. The lowest BCUT2D eigenvalue weighted by Crippen LogP contribution is -2.40. The van der Waals surface area contributed by atoms with Crippen molar-refractivity contribution in [3.05, 3.63) is 22.4 Å². The summed E-state index contributed by atoms with van der Waals surface area (Å²) in [6, 6.07) is 4.13. The zero-order valence-electron chi connectivity index (χ0n) is 12.3. The topological polar surface area (TPSA) is 67.4 Å². The third-order valence-corrected chi connectivity index (χ3v) is 4.66. The fourth-order valence-electron chi connectivity index (χ4n) is 2.74. The highest BCUT2D eigenvalue weighted by atomic mass is 32.1. The maximum atomic E-state index is 12.0. The molecule has 1 atom stereocenters. The number of hydrogen-bond acceptors (Lipinski definition) is 4. The number of alkyl carbamates (subject to hydrolysis) is 1. The summed E-state index contributed by atoms with van der Waals surface area (Å²) in [7, 11) is 0. The van der Waals surface area contributed by atoms with Crippen LogP contribution in [0.5, 0.6) is 0 Å². The minimum atomic E-state index is -0.554. The van der Waals surface area contributed by atoms with E-state index in [0.717, 1.165) is 12.8 Å². The zero-order valence-corrected chi connectivity index (χ0v) is 13.1. The molecule has 1 fully saturated rings. The van der Waals surface area contributed by atoms with Crippen LogP contribution in [0, 0.1) is 5.92 Å². The van der Waals surface area contributed by atoms with Crippen LogP contribution in [0.4, 0.5) is 4.79 Å². The summed E-state index contributed by atoms with van der Waals surface area (Å²) in [5.41, 5.74) is 0. The van der Waals surface area contributed by atoms with E-state index in [1.54, 1.807) is 18.3 Å². The number of ether oxygens (including phenoxy) is 1. The molecule has 2 amide bonds. The molecule has 2 N–H and O–H groups in total. The van der Waals surface area contributed by atoms with Crippen molar-refractivity contribution >= 4 is 23.3 Å². The molecule has 5 nitrogen and oxygen atoms in total. The van der Waals surface area contributed by atoms with Gasteiger partial charge in [-0.3, -0.25) is 4.79 Å². The maximum absolute atomic E-state index is 12.0. The normalized spacial score (nSPS) is 16.4. The predicted octanol–water partition coefficient (Wildman–Crippen LogP) is 2.84. The smallest absolute Gasteiger partial charge is 0.407 e. The molecule has 0 aromatic carbocycles. The average Bonchev–Trinajstić information content (AvgIpc) is 3.15. The molecular weight excluding hydrogens is 288 g/mol. The summed E-state index contributed by atoms with van der Waals surface area (Å²) in [6.07, 6.45) is 4.19. The van der Waals surface area contributed by atoms with Crippen molar-refractivity contribution in [2.24, 2.45) is 5.92 Å². The van der Waals surface area contributed by atoms with E-state index >= 15 is 0 Å². The van der Waals surface area contributed by atoms with Crippen LogP contribution in [-0.2, 0) is 9.53 Å². The van der Waals surface area contributed by atoms with E-state index in [1.165, 1.54) is 17.7 Å². The lowest BCUT2D eigenvalue weighted by Gasteiger charge is -2.23. The number of nitrogens with one attached hydrogen (secondary N) is 2. The van der Waals surface area contributed by atoms with E-state index in [9.17, 15) is 9.59 Å². The van der Waals surface area contributed by atoms with Crippen LogP contribution in [0.2, 0.25) is 0 Å². The Bertz CT molecular complexity index is 455. The van der Waals surface area contributed by atoms with Gasteiger partial charge in [-0.1, -0.05) is 18.9 Å². The Morgan fingerprint density at radius 1 is 1.43 bits per heavy atom. The fraction of sp³-hybridized carbons (Fsp3) is 0.600. The van der Waals surface area contributed by atoms with E-state index in [-0.39, 0.29) is 18.5 Å². The summed E-state index contributed by atoms with van der Waals surface area (Å²) >= 11 is 1.67. The van der Waals surface area contributed by atoms with E-state index < -0.39 is 6.09 Å². The van der Waals surface area contributed by atoms with E-state index in [2.05, 4.69) is 16.7 Å². The molecule has 1 aliphatic rings. The highest BCUT2D eigenvalue weighted by molar-refractivity contribution is 7.10. The van der Waals surface area contributed by atoms with Gasteiger partial charge in [0.2, 0.25) is 5.91 Å². The van der Waals surface area contributed by atoms with Crippen LogP contribution in [0.3, 0.4) is 0 Å². The Morgan fingerprint density at radius 3 is 2.81 bits per heavy atom. The van der Waals surface area contributed by atoms with Crippen molar-refractivity contribution in [1.29, 1.82) is 0 Å². The second-order valence-corrected chi connectivity index (χ2v) is 6.16. The Labute approximate surface area is 129 Å². The summed E-state index contributed by atoms with van der Waals surface area (Å²) < 4.78 is 4.74. The van der Waals surface area contributed by atoms with Gasteiger partial charge in [0.25, 0.3) is 0 Å². The number of carbonyl (C=O) groups is 2. The van der Waals surface area contributed by atoms with Crippen LogP contribution in [0.25, 0.3) is 0 Å².